The van der Waals surface area contributed by atoms with Crippen LogP contribution < -0.4 is 15.8 Å². The summed E-state index contributed by atoms with van der Waals surface area (Å²) in [5, 5.41) is 10.7. The fraction of sp³-hybridized carbons (Fsp3) is 0.227. The Morgan fingerprint density at radius 3 is 2.83 bits per heavy atom. The summed E-state index contributed by atoms with van der Waals surface area (Å²) < 4.78 is 5.79. The molecule has 1 aromatic heterocycles. The molecule has 0 saturated carbocycles. The zero-order valence-corrected chi connectivity index (χ0v) is 16.7. The highest BCUT2D eigenvalue weighted by atomic mass is 16.5. The minimum absolute atomic E-state index is 0.622. The van der Waals surface area contributed by atoms with Crippen LogP contribution in [-0.2, 0) is 6.54 Å². The van der Waals surface area contributed by atoms with Gasteiger partial charge in [-0.1, -0.05) is 18.2 Å². The molecule has 150 valence electrons. The van der Waals surface area contributed by atoms with Crippen LogP contribution in [0.25, 0.3) is 16.6 Å². The fourth-order valence-corrected chi connectivity index (χ4v) is 2.79. The summed E-state index contributed by atoms with van der Waals surface area (Å²) in [5.74, 6) is 1.56. The molecule has 2 aromatic carbocycles. The molecular formula is C22H26N6O. The summed E-state index contributed by atoms with van der Waals surface area (Å²) in [6.45, 7) is 2.15. The summed E-state index contributed by atoms with van der Waals surface area (Å²) in [6, 6.07) is 13.7. The first-order chi connectivity index (χ1) is 14.1. The highest BCUT2D eigenvalue weighted by Gasteiger charge is 2.05. The highest BCUT2D eigenvalue weighted by molar-refractivity contribution is 6.08. The summed E-state index contributed by atoms with van der Waals surface area (Å²) in [4.78, 5) is 11.2. The average Bonchev–Trinajstić information content (AvgIpc) is 2.73. The first-order valence-electron chi connectivity index (χ1n) is 9.39. The number of fused-ring (bicyclic) bond motifs is 1. The number of allylic oxidation sites excluding steroid dienone is 1. The van der Waals surface area contributed by atoms with Gasteiger partial charge < -0.3 is 26.1 Å². The van der Waals surface area contributed by atoms with Gasteiger partial charge in [0.25, 0.3) is 0 Å². The highest BCUT2D eigenvalue weighted by Crippen LogP contribution is 2.19. The average molecular weight is 390 g/mol. The minimum atomic E-state index is 0.622. The third kappa shape index (κ3) is 5.52. The molecule has 0 aliphatic heterocycles. The van der Waals surface area contributed by atoms with E-state index in [0.29, 0.717) is 24.5 Å². The van der Waals surface area contributed by atoms with Crippen molar-refractivity contribution in [1.29, 1.82) is 5.41 Å². The molecular weight excluding hydrogens is 364 g/mol. The van der Waals surface area contributed by atoms with Crippen LogP contribution >= 0.6 is 0 Å². The van der Waals surface area contributed by atoms with Crippen LogP contribution in [0.1, 0.15) is 11.1 Å². The lowest BCUT2D eigenvalue weighted by molar-refractivity contribution is 0.261. The topological polar surface area (TPSA) is 100 Å². The fourth-order valence-electron chi connectivity index (χ4n) is 2.79. The maximum absolute atomic E-state index is 7.42. The summed E-state index contributed by atoms with van der Waals surface area (Å²) in [6.07, 6.45) is 4.35. The molecule has 1 heterocycles. The van der Waals surface area contributed by atoms with E-state index in [2.05, 4.69) is 20.2 Å². The van der Waals surface area contributed by atoms with Crippen LogP contribution in [-0.4, -0.2) is 48.3 Å². The molecule has 29 heavy (non-hydrogen) atoms. The van der Waals surface area contributed by atoms with Gasteiger partial charge in [0.2, 0.25) is 0 Å². The van der Waals surface area contributed by atoms with E-state index in [1.165, 1.54) is 12.4 Å². The second-order valence-electron chi connectivity index (χ2n) is 6.88. The van der Waals surface area contributed by atoms with Gasteiger partial charge in [0.15, 0.2) is 0 Å². The largest absolute Gasteiger partial charge is 0.492 e. The molecule has 0 aliphatic carbocycles. The van der Waals surface area contributed by atoms with E-state index in [1.54, 1.807) is 6.20 Å². The molecule has 0 atom stereocenters. The number of hydrogen-bond donors (Lipinski definition) is 3. The summed E-state index contributed by atoms with van der Waals surface area (Å²) in [5.41, 5.74) is 9.68. The predicted molar refractivity (Wildman–Crippen MR) is 118 cm³/mol. The molecule has 0 spiro atoms. The van der Waals surface area contributed by atoms with Gasteiger partial charge in [-0.2, -0.15) is 0 Å². The number of rotatable bonds is 9. The van der Waals surface area contributed by atoms with Crippen LogP contribution in [0.2, 0.25) is 0 Å². The number of aromatic nitrogens is 2. The van der Waals surface area contributed by atoms with E-state index in [-0.39, 0.29) is 0 Å². The van der Waals surface area contributed by atoms with Crippen LogP contribution in [0.5, 0.6) is 5.75 Å². The van der Waals surface area contributed by atoms with Crippen molar-refractivity contribution in [2.45, 2.75) is 6.54 Å². The van der Waals surface area contributed by atoms with Gasteiger partial charge in [0.1, 0.15) is 18.2 Å². The van der Waals surface area contributed by atoms with Gasteiger partial charge in [0, 0.05) is 31.1 Å². The molecule has 0 aliphatic rings. The number of anilines is 1. The molecule has 3 rings (SSSR count). The Morgan fingerprint density at radius 2 is 2.07 bits per heavy atom. The third-order valence-electron chi connectivity index (χ3n) is 4.39. The molecule has 0 saturated heterocycles. The first kappa shape index (κ1) is 20.3. The van der Waals surface area contributed by atoms with E-state index in [1.807, 2.05) is 56.6 Å². The maximum Gasteiger partial charge on any atom is 0.145 e. The molecule has 0 bridgehead atoms. The number of likely N-dealkylation sites (N-methyl/N-ethyl adjacent to an activating group) is 1. The van der Waals surface area contributed by atoms with Crippen molar-refractivity contribution in [1.82, 2.24) is 14.9 Å². The molecule has 0 radical (unpaired) electrons. The summed E-state index contributed by atoms with van der Waals surface area (Å²) in [7, 11) is 4.05. The SMILES string of the molecule is CN(C)CCOc1cccc(CNc2cnc3cc(/C(C=N)=C/N)ccc3n2)c1. The molecule has 7 nitrogen and oxygen atoms in total. The number of ether oxygens (including phenoxy) is 1. The standard InChI is InChI=1S/C22H26N6O/c1-28(2)8-9-29-19-5-3-4-16(10-19)14-26-22-15-25-21-11-17(18(12-23)13-24)6-7-20(21)27-22/h3-7,10-13,15,23H,8-9,14,24H2,1-2H3,(H,26,27)/b18-13+,23-12?. The van der Waals surface area contributed by atoms with E-state index in [9.17, 15) is 0 Å². The normalized spacial score (nSPS) is 11.6. The van der Waals surface area contributed by atoms with Crippen LogP contribution in [0.4, 0.5) is 5.82 Å². The summed E-state index contributed by atoms with van der Waals surface area (Å²) >= 11 is 0. The van der Waals surface area contributed by atoms with Crippen molar-refractivity contribution in [3.8, 4) is 5.75 Å². The quantitative estimate of drug-likeness (QED) is 0.485. The van der Waals surface area contributed by atoms with Crippen molar-refractivity contribution in [2.24, 2.45) is 5.73 Å². The first-order valence-corrected chi connectivity index (χ1v) is 9.39. The van der Waals surface area contributed by atoms with Gasteiger partial charge in [-0.3, -0.25) is 4.98 Å². The maximum atomic E-state index is 7.42. The van der Waals surface area contributed by atoms with Crippen LogP contribution in [0, 0.1) is 5.41 Å². The number of hydrogen-bond acceptors (Lipinski definition) is 7. The zero-order valence-electron chi connectivity index (χ0n) is 16.7. The van der Waals surface area contributed by atoms with Crippen LogP contribution in [0.3, 0.4) is 0 Å². The molecule has 3 aromatic rings. The van der Waals surface area contributed by atoms with Gasteiger partial charge in [-0.15, -0.1) is 0 Å². The molecule has 0 amide bonds. The van der Waals surface area contributed by atoms with Crippen LogP contribution in [0.15, 0.2) is 54.9 Å². The van der Waals surface area contributed by atoms with Gasteiger partial charge in [-0.05, 0) is 49.5 Å². The minimum Gasteiger partial charge on any atom is -0.492 e. The Labute approximate surface area is 170 Å². The van der Waals surface area contributed by atoms with E-state index in [0.717, 1.165) is 34.5 Å². The second-order valence-corrected chi connectivity index (χ2v) is 6.88. The Kier molecular flexibility index (Phi) is 6.76. The Bertz CT molecular complexity index is 1020. The molecule has 0 unspecified atom stereocenters. The zero-order chi connectivity index (χ0) is 20.6. The number of benzene rings is 2. The molecule has 7 heteroatoms. The van der Waals surface area contributed by atoms with Crippen molar-refractivity contribution in [2.75, 3.05) is 32.6 Å². The Balaban J connectivity index is 1.66. The monoisotopic (exact) mass is 390 g/mol. The lowest BCUT2D eigenvalue weighted by atomic mass is 10.1. The predicted octanol–water partition coefficient (Wildman–Crippen LogP) is 3.13. The second kappa shape index (κ2) is 9.66. The van der Waals surface area contributed by atoms with Gasteiger partial charge >= 0.3 is 0 Å². The Morgan fingerprint density at radius 1 is 1.21 bits per heavy atom. The Hall–Kier alpha value is -3.45. The van der Waals surface area contributed by atoms with Crippen molar-refractivity contribution in [3.63, 3.8) is 0 Å². The molecule has 0 fully saturated rings. The molecule has 4 N–H and O–H groups in total. The lowest BCUT2D eigenvalue weighted by Gasteiger charge is -2.12. The number of nitrogens with zero attached hydrogens (tertiary/aromatic N) is 3. The third-order valence-corrected chi connectivity index (χ3v) is 4.39. The van der Waals surface area contributed by atoms with Crippen molar-refractivity contribution < 1.29 is 4.74 Å². The van der Waals surface area contributed by atoms with Crippen molar-refractivity contribution >= 4 is 28.6 Å². The number of nitrogens with one attached hydrogen (secondary N) is 2. The van der Waals surface area contributed by atoms with E-state index < -0.39 is 0 Å². The smallest absolute Gasteiger partial charge is 0.145 e. The van der Waals surface area contributed by atoms with Gasteiger partial charge in [0.05, 0.1) is 17.2 Å². The van der Waals surface area contributed by atoms with E-state index >= 15 is 0 Å². The number of nitrogens with two attached hydrogens (primary N) is 1. The lowest BCUT2D eigenvalue weighted by Crippen LogP contribution is -2.19. The van der Waals surface area contributed by atoms with Gasteiger partial charge in [-0.25, -0.2) is 4.98 Å². The van der Waals surface area contributed by atoms with E-state index in [4.69, 9.17) is 15.9 Å². The van der Waals surface area contributed by atoms with Crippen molar-refractivity contribution in [3.05, 3.63) is 66.0 Å².